The number of methoxy groups -OCH3 is 1. The summed E-state index contributed by atoms with van der Waals surface area (Å²) in [7, 11) is 1.42. The predicted octanol–water partition coefficient (Wildman–Crippen LogP) is 5.43. The van der Waals surface area contributed by atoms with Crippen molar-refractivity contribution in [3.05, 3.63) is 51.5 Å². The minimum absolute atomic E-state index is 0.195. The predicted molar refractivity (Wildman–Crippen MR) is 111 cm³/mol. The van der Waals surface area contributed by atoms with Gasteiger partial charge in [-0.15, -0.1) is 0 Å². The summed E-state index contributed by atoms with van der Waals surface area (Å²) in [5, 5.41) is 3.63. The molecular formula is C19H16Cl2N2O4S. The van der Waals surface area contributed by atoms with E-state index in [1.165, 1.54) is 30.6 Å². The third-order valence-electron chi connectivity index (χ3n) is 3.64. The number of nitrogens with zero attached hydrogens (tertiary/aromatic N) is 1. The zero-order chi connectivity index (χ0) is 20.4. The lowest BCUT2D eigenvalue weighted by atomic mass is 10.2. The van der Waals surface area contributed by atoms with Crippen LogP contribution < -0.4 is 10.1 Å². The van der Waals surface area contributed by atoms with Crippen molar-refractivity contribution in [1.29, 1.82) is 0 Å². The zero-order valence-electron chi connectivity index (χ0n) is 15.2. The Morgan fingerprint density at radius 1 is 1.18 bits per heavy atom. The summed E-state index contributed by atoms with van der Waals surface area (Å²) in [5.41, 5.74) is 1.27. The van der Waals surface area contributed by atoms with Crippen molar-refractivity contribution in [2.45, 2.75) is 20.0 Å². The molecule has 2 aromatic carbocycles. The molecule has 3 aromatic rings. The molecular weight excluding hydrogens is 423 g/mol. The molecule has 1 heterocycles. The summed E-state index contributed by atoms with van der Waals surface area (Å²) < 4.78 is 11.1. The molecule has 0 fully saturated rings. The Kier molecular flexibility index (Phi) is 6.07. The Bertz CT molecular complexity index is 1070. The number of carbonyl (C=O) groups is 2. The molecule has 0 bridgehead atoms. The molecule has 1 N–H and O–H groups in total. The lowest BCUT2D eigenvalue weighted by Crippen LogP contribution is -2.13. The second-order valence-corrected chi connectivity index (χ2v) is 7.95. The molecule has 0 spiro atoms. The molecule has 1 aromatic heterocycles. The van der Waals surface area contributed by atoms with Gasteiger partial charge >= 0.3 is 5.97 Å². The van der Waals surface area contributed by atoms with Crippen molar-refractivity contribution in [2.24, 2.45) is 0 Å². The highest BCUT2D eigenvalue weighted by Gasteiger charge is 2.19. The van der Waals surface area contributed by atoms with E-state index in [0.29, 0.717) is 21.2 Å². The van der Waals surface area contributed by atoms with Gasteiger partial charge in [0.25, 0.3) is 5.91 Å². The number of esters is 1. The molecule has 0 aliphatic rings. The molecule has 9 heteroatoms. The molecule has 6 nitrogen and oxygen atoms in total. The van der Waals surface area contributed by atoms with Gasteiger partial charge in [-0.3, -0.25) is 10.1 Å². The maximum absolute atomic E-state index is 12.7. The van der Waals surface area contributed by atoms with E-state index < -0.39 is 11.9 Å². The van der Waals surface area contributed by atoms with E-state index >= 15 is 0 Å². The number of ether oxygens (including phenoxy) is 2. The van der Waals surface area contributed by atoms with Gasteiger partial charge in [-0.25, -0.2) is 9.78 Å². The summed E-state index contributed by atoms with van der Waals surface area (Å²) in [6.45, 7) is 3.57. The smallest absolute Gasteiger partial charge is 0.338 e. The van der Waals surface area contributed by atoms with E-state index in [9.17, 15) is 9.59 Å². The van der Waals surface area contributed by atoms with E-state index in [4.69, 9.17) is 32.7 Å². The van der Waals surface area contributed by atoms with Gasteiger partial charge in [0.15, 0.2) is 5.13 Å². The number of amides is 1. The first kappa shape index (κ1) is 20.4. The van der Waals surface area contributed by atoms with Crippen molar-refractivity contribution in [3.8, 4) is 5.75 Å². The maximum Gasteiger partial charge on any atom is 0.338 e. The number of rotatable bonds is 5. The fourth-order valence-electron chi connectivity index (χ4n) is 2.49. The summed E-state index contributed by atoms with van der Waals surface area (Å²) in [6, 6.07) is 7.99. The Labute approximate surface area is 175 Å². The van der Waals surface area contributed by atoms with Gasteiger partial charge in [-0.1, -0.05) is 34.5 Å². The zero-order valence-corrected chi connectivity index (χ0v) is 17.5. The first-order valence-corrected chi connectivity index (χ1v) is 9.81. The van der Waals surface area contributed by atoms with Gasteiger partial charge in [0, 0.05) is 5.02 Å². The van der Waals surface area contributed by atoms with E-state index in [2.05, 4.69) is 10.3 Å². The Morgan fingerprint density at radius 2 is 1.93 bits per heavy atom. The number of carbonyl (C=O) groups excluding carboxylic acids is 2. The van der Waals surface area contributed by atoms with E-state index in [1.54, 1.807) is 32.0 Å². The summed E-state index contributed by atoms with van der Waals surface area (Å²) in [5.74, 6) is -0.641. The number of hydrogen-bond acceptors (Lipinski definition) is 6. The van der Waals surface area contributed by atoms with Crippen LogP contribution in [0.3, 0.4) is 0 Å². The quantitative estimate of drug-likeness (QED) is 0.537. The van der Waals surface area contributed by atoms with Crippen LogP contribution in [0.1, 0.15) is 34.6 Å². The van der Waals surface area contributed by atoms with Gasteiger partial charge in [-0.05, 0) is 44.2 Å². The van der Waals surface area contributed by atoms with Gasteiger partial charge in [0.1, 0.15) is 5.75 Å². The van der Waals surface area contributed by atoms with Crippen LogP contribution in [0.4, 0.5) is 5.13 Å². The highest BCUT2D eigenvalue weighted by Crippen LogP contribution is 2.33. The molecule has 0 aliphatic heterocycles. The second-order valence-electron chi connectivity index (χ2n) is 6.08. The number of nitrogens with one attached hydrogen (secondary N) is 1. The number of halogens is 2. The highest BCUT2D eigenvalue weighted by atomic mass is 35.5. The van der Waals surface area contributed by atoms with Crippen molar-refractivity contribution >= 4 is 61.8 Å². The molecule has 0 unspecified atom stereocenters. The number of fused-ring (bicyclic) bond motifs is 1. The van der Waals surface area contributed by atoms with Gasteiger partial charge in [0.05, 0.1) is 39.6 Å². The minimum atomic E-state index is -0.459. The van der Waals surface area contributed by atoms with E-state index in [1.807, 2.05) is 0 Å². The highest BCUT2D eigenvalue weighted by molar-refractivity contribution is 7.22. The monoisotopic (exact) mass is 438 g/mol. The largest absolute Gasteiger partial charge is 0.494 e. The molecule has 0 radical (unpaired) electrons. The van der Waals surface area contributed by atoms with Gasteiger partial charge in [0.2, 0.25) is 0 Å². The Balaban J connectivity index is 1.87. The minimum Gasteiger partial charge on any atom is -0.494 e. The van der Waals surface area contributed by atoms with Crippen LogP contribution in [0.5, 0.6) is 5.75 Å². The SMILES string of the molecule is COc1c(Cl)cc(Cl)cc1C(=O)Nc1nc2ccc(C(=O)OC(C)C)cc2s1. The number of aromatic nitrogens is 1. The molecule has 1 amide bonds. The molecule has 0 saturated heterocycles. The third-order valence-corrected chi connectivity index (χ3v) is 5.08. The number of hydrogen-bond donors (Lipinski definition) is 1. The molecule has 146 valence electrons. The van der Waals surface area contributed by atoms with Gasteiger partial charge < -0.3 is 9.47 Å². The third kappa shape index (κ3) is 4.38. The molecule has 0 aliphatic carbocycles. The van der Waals surface area contributed by atoms with Gasteiger partial charge in [-0.2, -0.15) is 0 Å². The number of benzene rings is 2. The number of anilines is 1. The molecule has 0 saturated carbocycles. The summed E-state index contributed by atoms with van der Waals surface area (Å²) in [6.07, 6.45) is -0.209. The van der Waals surface area contributed by atoms with Crippen molar-refractivity contribution < 1.29 is 19.1 Å². The van der Waals surface area contributed by atoms with Crippen LogP contribution in [0, 0.1) is 0 Å². The molecule has 3 rings (SSSR count). The standard InChI is InChI=1S/C19H16Cl2N2O4S/c1-9(2)27-18(25)10-4-5-14-15(6-10)28-19(22-14)23-17(24)12-7-11(20)8-13(21)16(12)26-3/h4-9H,1-3H3,(H,22,23,24). The second kappa shape index (κ2) is 8.34. The van der Waals surface area contributed by atoms with Crippen LogP contribution >= 0.6 is 34.5 Å². The average Bonchev–Trinajstić information content (AvgIpc) is 3.01. The van der Waals surface area contributed by atoms with Crippen molar-refractivity contribution in [3.63, 3.8) is 0 Å². The lowest BCUT2D eigenvalue weighted by Gasteiger charge is -2.10. The first-order chi connectivity index (χ1) is 13.3. The fourth-order valence-corrected chi connectivity index (χ4v) is 3.96. The molecule has 28 heavy (non-hydrogen) atoms. The average molecular weight is 439 g/mol. The fraction of sp³-hybridized carbons (Fsp3) is 0.211. The first-order valence-electron chi connectivity index (χ1n) is 8.24. The lowest BCUT2D eigenvalue weighted by molar-refractivity contribution is 0.0378. The van der Waals surface area contributed by atoms with Crippen LogP contribution in [0.2, 0.25) is 10.0 Å². The normalized spacial score (nSPS) is 10.9. The van der Waals surface area contributed by atoms with Crippen molar-refractivity contribution in [2.75, 3.05) is 12.4 Å². The summed E-state index contributed by atoms with van der Waals surface area (Å²) in [4.78, 5) is 29.1. The Hall–Kier alpha value is -2.35. The van der Waals surface area contributed by atoms with Crippen molar-refractivity contribution in [1.82, 2.24) is 4.98 Å². The number of thiazole rings is 1. The van der Waals surface area contributed by atoms with Crippen LogP contribution in [-0.2, 0) is 4.74 Å². The topological polar surface area (TPSA) is 77.5 Å². The van der Waals surface area contributed by atoms with E-state index in [-0.39, 0.29) is 22.4 Å². The molecule has 0 atom stereocenters. The van der Waals surface area contributed by atoms with E-state index in [0.717, 1.165) is 4.70 Å². The summed E-state index contributed by atoms with van der Waals surface area (Å²) >= 11 is 13.3. The van der Waals surface area contributed by atoms with Crippen LogP contribution in [0.25, 0.3) is 10.2 Å². The van der Waals surface area contributed by atoms with Crippen LogP contribution in [0.15, 0.2) is 30.3 Å². The van der Waals surface area contributed by atoms with Crippen LogP contribution in [-0.4, -0.2) is 30.1 Å². The maximum atomic E-state index is 12.7. The Morgan fingerprint density at radius 3 is 2.61 bits per heavy atom.